The first kappa shape index (κ1) is 11.3. The van der Waals surface area contributed by atoms with Crippen LogP contribution in [0.25, 0.3) is 0 Å². The van der Waals surface area contributed by atoms with Gasteiger partial charge in [0.25, 0.3) is 0 Å². The molecule has 1 atom stereocenters. The predicted molar refractivity (Wildman–Crippen MR) is 64.0 cm³/mol. The normalized spacial score (nSPS) is 22.1. The second-order valence-corrected chi connectivity index (χ2v) is 5.00. The molecule has 1 fully saturated rings. The van der Waals surface area contributed by atoms with Crippen LogP contribution in [0.1, 0.15) is 18.2 Å². The number of carbonyl (C=O) groups excluding carboxylic acids is 1. The molecule has 0 spiro atoms. The standard InChI is InChI=1S/C10H16N4OS/c1-2-8-9(15)12-3-4-14(8)6-7-5-13-10(11)16-7/h5,8H,2-4,6H2,1H3,(H2,11,13)(H,12,15). The van der Waals surface area contributed by atoms with E-state index in [-0.39, 0.29) is 11.9 Å². The number of nitrogen functional groups attached to an aromatic ring is 1. The molecule has 1 aliphatic heterocycles. The van der Waals surface area contributed by atoms with Gasteiger partial charge in [-0.1, -0.05) is 6.92 Å². The van der Waals surface area contributed by atoms with Gasteiger partial charge in [-0.2, -0.15) is 0 Å². The monoisotopic (exact) mass is 240 g/mol. The number of amides is 1. The number of hydrogen-bond acceptors (Lipinski definition) is 5. The van der Waals surface area contributed by atoms with Gasteiger partial charge in [0.1, 0.15) is 0 Å². The van der Waals surface area contributed by atoms with E-state index in [1.165, 1.54) is 11.3 Å². The third kappa shape index (κ3) is 2.33. The molecule has 6 heteroatoms. The molecule has 3 N–H and O–H groups in total. The van der Waals surface area contributed by atoms with E-state index in [4.69, 9.17) is 5.73 Å². The molecule has 0 saturated carbocycles. The molecule has 1 aromatic rings. The first-order valence-electron chi connectivity index (χ1n) is 5.42. The largest absolute Gasteiger partial charge is 0.375 e. The third-order valence-corrected chi connectivity index (χ3v) is 3.57. The molecule has 0 radical (unpaired) electrons. The Morgan fingerprint density at radius 2 is 2.56 bits per heavy atom. The highest BCUT2D eigenvalue weighted by Crippen LogP contribution is 2.19. The number of hydrogen-bond donors (Lipinski definition) is 2. The molecule has 2 heterocycles. The van der Waals surface area contributed by atoms with Crippen molar-refractivity contribution in [1.29, 1.82) is 0 Å². The minimum atomic E-state index is -0.0166. The van der Waals surface area contributed by atoms with E-state index < -0.39 is 0 Å². The van der Waals surface area contributed by atoms with Crippen LogP contribution >= 0.6 is 11.3 Å². The number of nitrogens with zero attached hydrogens (tertiary/aromatic N) is 2. The summed E-state index contributed by atoms with van der Waals surface area (Å²) in [4.78, 5) is 19.0. The maximum atomic E-state index is 11.6. The lowest BCUT2D eigenvalue weighted by Crippen LogP contribution is -2.54. The van der Waals surface area contributed by atoms with Crippen LogP contribution in [0.4, 0.5) is 5.13 Å². The fourth-order valence-electron chi connectivity index (χ4n) is 1.99. The van der Waals surface area contributed by atoms with Crippen LogP contribution in [0.2, 0.25) is 0 Å². The number of anilines is 1. The van der Waals surface area contributed by atoms with E-state index in [0.717, 1.165) is 30.9 Å². The average molecular weight is 240 g/mol. The lowest BCUT2D eigenvalue weighted by Gasteiger charge is -2.33. The van der Waals surface area contributed by atoms with Gasteiger partial charge in [-0.3, -0.25) is 9.69 Å². The molecule has 1 aromatic heterocycles. The summed E-state index contributed by atoms with van der Waals surface area (Å²) in [5, 5.41) is 3.47. The Labute approximate surface area is 98.7 Å². The van der Waals surface area contributed by atoms with Crippen LogP contribution in [-0.4, -0.2) is 34.9 Å². The van der Waals surface area contributed by atoms with Crippen molar-refractivity contribution in [2.24, 2.45) is 0 Å². The summed E-state index contributed by atoms with van der Waals surface area (Å²) in [7, 11) is 0. The van der Waals surface area contributed by atoms with Gasteiger partial charge in [-0.15, -0.1) is 11.3 Å². The van der Waals surface area contributed by atoms with Crippen molar-refractivity contribution in [3.05, 3.63) is 11.1 Å². The highest BCUT2D eigenvalue weighted by atomic mass is 32.1. The molecule has 1 saturated heterocycles. The van der Waals surface area contributed by atoms with Gasteiger partial charge < -0.3 is 11.1 Å². The van der Waals surface area contributed by atoms with Gasteiger partial charge >= 0.3 is 0 Å². The summed E-state index contributed by atoms with van der Waals surface area (Å²) in [6.07, 6.45) is 2.62. The summed E-state index contributed by atoms with van der Waals surface area (Å²) in [5.74, 6) is 0.131. The van der Waals surface area contributed by atoms with Crippen LogP contribution in [0.5, 0.6) is 0 Å². The van der Waals surface area contributed by atoms with Crippen LogP contribution in [-0.2, 0) is 11.3 Å². The Morgan fingerprint density at radius 3 is 3.19 bits per heavy atom. The summed E-state index contributed by atoms with van der Waals surface area (Å²) < 4.78 is 0. The van der Waals surface area contributed by atoms with Crippen molar-refractivity contribution in [3.8, 4) is 0 Å². The average Bonchev–Trinajstić information content (AvgIpc) is 2.64. The Bertz CT molecular complexity index is 379. The molecule has 1 amide bonds. The molecule has 5 nitrogen and oxygen atoms in total. The zero-order chi connectivity index (χ0) is 11.5. The maximum Gasteiger partial charge on any atom is 0.237 e. The van der Waals surface area contributed by atoms with Gasteiger partial charge in [0.15, 0.2) is 5.13 Å². The molecule has 16 heavy (non-hydrogen) atoms. The molecule has 0 aliphatic carbocycles. The van der Waals surface area contributed by atoms with E-state index in [0.29, 0.717) is 5.13 Å². The number of nitrogens with one attached hydrogen (secondary N) is 1. The topological polar surface area (TPSA) is 71.2 Å². The minimum absolute atomic E-state index is 0.0166. The van der Waals surface area contributed by atoms with Gasteiger partial charge in [0, 0.05) is 30.7 Å². The van der Waals surface area contributed by atoms with Crippen molar-refractivity contribution in [1.82, 2.24) is 15.2 Å². The Morgan fingerprint density at radius 1 is 1.75 bits per heavy atom. The van der Waals surface area contributed by atoms with Crippen molar-refractivity contribution in [2.75, 3.05) is 18.8 Å². The summed E-state index contributed by atoms with van der Waals surface area (Å²) in [6.45, 7) is 4.41. The van der Waals surface area contributed by atoms with E-state index >= 15 is 0 Å². The number of nitrogens with two attached hydrogens (primary N) is 1. The number of piperazine rings is 1. The zero-order valence-electron chi connectivity index (χ0n) is 9.27. The van der Waals surface area contributed by atoms with Gasteiger partial charge in [-0.25, -0.2) is 4.98 Å². The second kappa shape index (κ2) is 4.80. The molecular formula is C10H16N4OS. The smallest absolute Gasteiger partial charge is 0.237 e. The van der Waals surface area contributed by atoms with Crippen LogP contribution in [0.15, 0.2) is 6.20 Å². The third-order valence-electron chi connectivity index (χ3n) is 2.76. The van der Waals surface area contributed by atoms with Gasteiger partial charge in [0.2, 0.25) is 5.91 Å². The van der Waals surface area contributed by atoms with Crippen molar-refractivity contribution in [3.63, 3.8) is 0 Å². The summed E-state index contributed by atoms with van der Waals surface area (Å²) >= 11 is 1.49. The lowest BCUT2D eigenvalue weighted by atomic mass is 10.1. The molecule has 1 aliphatic rings. The van der Waals surface area contributed by atoms with Crippen LogP contribution in [0.3, 0.4) is 0 Å². The lowest BCUT2D eigenvalue weighted by molar-refractivity contribution is -0.129. The van der Waals surface area contributed by atoms with Crippen molar-refractivity contribution >= 4 is 22.4 Å². The van der Waals surface area contributed by atoms with E-state index in [1.807, 2.05) is 6.92 Å². The number of thiazole rings is 1. The number of rotatable bonds is 3. The van der Waals surface area contributed by atoms with Crippen molar-refractivity contribution < 1.29 is 4.79 Å². The SMILES string of the molecule is CCC1C(=O)NCCN1Cc1cnc(N)s1. The fourth-order valence-corrected chi connectivity index (χ4v) is 2.70. The second-order valence-electron chi connectivity index (χ2n) is 3.85. The van der Waals surface area contributed by atoms with E-state index in [9.17, 15) is 4.79 Å². The first-order valence-corrected chi connectivity index (χ1v) is 6.24. The molecule has 0 bridgehead atoms. The maximum absolute atomic E-state index is 11.6. The zero-order valence-corrected chi connectivity index (χ0v) is 10.1. The first-order chi connectivity index (χ1) is 7.70. The Kier molecular flexibility index (Phi) is 3.40. The van der Waals surface area contributed by atoms with Crippen molar-refractivity contribution in [2.45, 2.75) is 25.9 Å². The summed E-state index contributed by atoms with van der Waals surface area (Å²) in [6, 6.07) is -0.0166. The van der Waals surface area contributed by atoms with E-state index in [1.54, 1.807) is 6.20 Å². The van der Waals surface area contributed by atoms with Gasteiger partial charge in [-0.05, 0) is 6.42 Å². The molecule has 0 aromatic carbocycles. The van der Waals surface area contributed by atoms with Gasteiger partial charge in [0.05, 0.1) is 6.04 Å². The highest BCUT2D eigenvalue weighted by Gasteiger charge is 2.28. The molecule has 1 unspecified atom stereocenters. The fraction of sp³-hybridized carbons (Fsp3) is 0.600. The van der Waals surface area contributed by atoms with Crippen LogP contribution in [0, 0.1) is 0 Å². The van der Waals surface area contributed by atoms with E-state index in [2.05, 4.69) is 15.2 Å². The molecule has 88 valence electrons. The number of carbonyl (C=O) groups is 1. The van der Waals surface area contributed by atoms with Crippen LogP contribution < -0.4 is 11.1 Å². The number of aromatic nitrogens is 1. The predicted octanol–water partition coefficient (Wildman–Crippen LogP) is 0.436. The summed E-state index contributed by atoms with van der Waals surface area (Å²) in [5.41, 5.74) is 5.59. The Hall–Kier alpha value is -1.14. The molecule has 2 rings (SSSR count). The minimum Gasteiger partial charge on any atom is -0.375 e. The Balaban J connectivity index is 2.04. The quantitative estimate of drug-likeness (QED) is 0.804. The highest BCUT2D eigenvalue weighted by molar-refractivity contribution is 7.15. The molecular weight excluding hydrogens is 224 g/mol.